The number of likely N-dealkylation sites (tertiary alicyclic amines) is 1. The highest BCUT2D eigenvalue weighted by Crippen LogP contribution is 2.09. The fraction of sp³-hybridized carbons (Fsp3) is 0.500. The van der Waals surface area contributed by atoms with Gasteiger partial charge in [0.2, 0.25) is 0 Å². The summed E-state index contributed by atoms with van der Waals surface area (Å²) < 4.78 is 0. The lowest BCUT2D eigenvalue weighted by atomic mass is 10.2. The fourth-order valence-electron chi connectivity index (χ4n) is 2.39. The maximum Gasteiger partial charge on any atom is 0.273 e. The summed E-state index contributed by atoms with van der Waals surface area (Å²) in [4.78, 5) is 20.6. The van der Waals surface area contributed by atoms with Crippen molar-refractivity contribution in [3.8, 4) is 11.8 Å². The third kappa shape index (κ3) is 4.28. The topological polar surface area (TPSA) is 56.7 Å². The third-order valence-electron chi connectivity index (χ3n) is 3.61. The van der Waals surface area contributed by atoms with Crippen LogP contribution in [0.15, 0.2) is 18.3 Å². The minimum absolute atomic E-state index is 0.128. The number of hydrogen-bond acceptors (Lipinski definition) is 4. The summed E-state index contributed by atoms with van der Waals surface area (Å²) in [6.45, 7) is 3.60. The molecule has 21 heavy (non-hydrogen) atoms. The van der Waals surface area contributed by atoms with Crippen LogP contribution < -0.4 is 0 Å². The minimum Gasteiger partial charge on any atom is -0.384 e. The number of amides is 1. The second-order valence-electron chi connectivity index (χ2n) is 5.13. The van der Waals surface area contributed by atoms with Gasteiger partial charge in [-0.15, -0.1) is 0 Å². The predicted octanol–water partition coefficient (Wildman–Crippen LogP) is 0.593. The Bertz CT molecular complexity index is 542. The average Bonchev–Trinajstić information content (AvgIpc) is 3.03. The number of nitrogens with zero attached hydrogens (tertiary/aromatic N) is 3. The van der Waals surface area contributed by atoms with Crippen LogP contribution in [-0.2, 0) is 0 Å². The minimum atomic E-state index is -0.229. The number of rotatable bonds is 4. The molecule has 2 rings (SSSR count). The van der Waals surface area contributed by atoms with Gasteiger partial charge in [-0.2, -0.15) is 0 Å². The Morgan fingerprint density at radius 2 is 2.24 bits per heavy atom. The molecule has 0 aliphatic carbocycles. The Morgan fingerprint density at radius 3 is 2.95 bits per heavy atom. The van der Waals surface area contributed by atoms with Crippen LogP contribution in [0.2, 0.25) is 0 Å². The lowest BCUT2D eigenvalue weighted by Gasteiger charge is -2.21. The Morgan fingerprint density at radius 1 is 1.48 bits per heavy atom. The molecule has 0 atom stereocenters. The van der Waals surface area contributed by atoms with Gasteiger partial charge in [-0.1, -0.05) is 11.8 Å². The highest BCUT2D eigenvalue weighted by atomic mass is 16.2. The molecule has 1 aliphatic rings. The van der Waals surface area contributed by atoms with E-state index in [-0.39, 0.29) is 12.5 Å². The van der Waals surface area contributed by atoms with E-state index in [1.54, 1.807) is 30.3 Å². The van der Waals surface area contributed by atoms with Crippen LogP contribution in [-0.4, -0.2) is 65.6 Å². The van der Waals surface area contributed by atoms with Crippen LogP contribution in [0.1, 0.15) is 28.9 Å². The maximum absolute atomic E-state index is 12.4. The number of aliphatic hydroxyl groups excluding tert-OH is 1. The van der Waals surface area contributed by atoms with Gasteiger partial charge in [0, 0.05) is 26.3 Å². The zero-order valence-electron chi connectivity index (χ0n) is 12.4. The van der Waals surface area contributed by atoms with Crippen molar-refractivity contribution in [1.29, 1.82) is 0 Å². The van der Waals surface area contributed by atoms with E-state index >= 15 is 0 Å². The molecular weight excluding hydrogens is 266 g/mol. The van der Waals surface area contributed by atoms with Gasteiger partial charge in [-0.25, -0.2) is 4.98 Å². The van der Waals surface area contributed by atoms with E-state index in [2.05, 4.69) is 21.7 Å². The number of aromatic nitrogens is 1. The number of carbonyl (C=O) groups excluding carboxylic acids is 1. The second kappa shape index (κ2) is 7.77. The van der Waals surface area contributed by atoms with Crippen LogP contribution in [0.3, 0.4) is 0 Å². The maximum atomic E-state index is 12.4. The predicted molar refractivity (Wildman–Crippen MR) is 80.8 cm³/mol. The van der Waals surface area contributed by atoms with Crippen molar-refractivity contribution in [1.82, 2.24) is 14.8 Å². The monoisotopic (exact) mass is 287 g/mol. The van der Waals surface area contributed by atoms with Crippen LogP contribution in [0, 0.1) is 11.8 Å². The Labute approximate surface area is 125 Å². The smallest absolute Gasteiger partial charge is 0.273 e. The largest absolute Gasteiger partial charge is 0.384 e. The molecule has 0 spiro atoms. The first-order valence-electron chi connectivity index (χ1n) is 7.25. The average molecular weight is 287 g/mol. The van der Waals surface area contributed by atoms with Gasteiger partial charge < -0.3 is 14.9 Å². The van der Waals surface area contributed by atoms with Crippen molar-refractivity contribution in [2.24, 2.45) is 0 Å². The zero-order chi connectivity index (χ0) is 15.1. The molecule has 2 heterocycles. The van der Waals surface area contributed by atoms with Crippen LogP contribution >= 0.6 is 0 Å². The second-order valence-corrected chi connectivity index (χ2v) is 5.13. The van der Waals surface area contributed by atoms with E-state index in [4.69, 9.17) is 5.11 Å². The van der Waals surface area contributed by atoms with Gasteiger partial charge in [0.05, 0.1) is 5.56 Å². The van der Waals surface area contributed by atoms with Crippen LogP contribution in [0.25, 0.3) is 0 Å². The van der Waals surface area contributed by atoms with Gasteiger partial charge in [0.25, 0.3) is 5.91 Å². The molecule has 0 bridgehead atoms. The molecule has 1 aromatic heterocycles. The molecule has 1 saturated heterocycles. The van der Waals surface area contributed by atoms with Crippen molar-refractivity contribution in [3.05, 3.63) is 29.6 Å². The molecule has 1 aliphatic heterocycles. The summed E-state index contributed by atoms with van der Waals surface area (Å²) in [7, 11) is 1.79. The number of pyridine rings is 1. The molecule has 1 amide bonds. The zero-order valence-corrected chi connectivity index (χ0v) is 12.4. The van der Waals surface area contributed by atoms with Crippen LogP contribution in [0.5, 0.6) is 0 Å². The first kappa shape index (κ1) is 15.5. The summed E-state index contributed by atoms with van der Waals surface area (Å²) in [5, 5.41) is 8.78. The molecular formula is C16H21N3O2. The lowest BCUT2D eigenvalue weighted by molar-refractivity contribution is 0.0776. The molecule has 0 saturated carbocycles. The summed E-state index contributed by atoms with van der Waals surface area (Å²) in [5.41, 5.74) is 0.909. The summed E-state index contributed by atoms with van der Waals surface area (Å²) in [6.07, 6.45) is 4.09. The summed E-state index contributed by atoms with van der Waals surface area (Å²) >= 11 is 0. The summed E-state index contributed by atoms with van der Waals surface area (Å²) in [5.74, 6) is 5.21. The normalized spacial score (nSPS) is 14.6. The quantitative estimate of drug-likeness (QED) is 0.824. The van der Waals surface area contributed by atoms with Crippen molar-refractivity contribution < 1.29 is 9.90 Å². The molecule has 1 fully saturated rings. The van der Waals surface area contributed by atoms with Gasteiger partial charge in [0.1, 0.15) is 12.3 Å². The Balaban J connectivity index is 2.01. The highest BCUT2D eigenvalue weighted by molar-refractivity contribution is 5.94. The highest BCUT2D eigenvalue weighted by Gasteiger charge is 2.18. The van der Waals surface area contributed by atoms with Gasteiger partial charge in [0.15, 0.2) is 0 Å². The van der Waals surface area contributed by atoms with Gasteiger partial charge in [-0.05, 0) is 38.1 Å². The standard InChI is InChI=1S/C16H21N3O2/c1-18(11-12-19-9-2-3-10-19)16(21)15-14(7-5-13-20)6-4-8-17-15/h4,6,8,20H,2-3,9-13H2,1H3. The van der Waals surface area contributed by atoms with Crippen molar-refractivity contribution in [3.63, 3.8) is 0 Å². The first-order chi connectivity index (χ1) is 10.2. The van der Waals surface area contributed by atoms with E-state index in [0.29, 0.717) is 17.8 Å². The number of hydrogen-bond donors (Lipinski definition) is 1. The first-order valence-corrected chi connectivity index (χ1v) is 7.25. The molecule has 0 aromatic carbocycles. The van der Waals surface area contributed by atoms with E-state index in [0.717, 1.165) is 19.6 Å². The number of likely N-dealkylation sites (N-methyl/N-ethyl adjacent to an activating group) is 1. The SMILES string of the molecule is CN(CCN1CCCC1)C(=O)c1ncccc1C#CCO. The summed E-state index contributed by atoms with van der Waals surface area (Å²) in [6, 6.07) is 3.49. The molecule has 112 valence electrons. The Hall–Kier alpha value is -1.90. The van der Waals surface area contributed by atoms with E-state index in [1.165, 1.54) is 12.8 Å². The van der Waals surface area contributed by atoms with E-state index in [1.807, 2.05) is 0 Å². The van der Waals surface area contributed by atoms with E-state index < -0.39 is 0 Å². The third-order valence-corrected chi connectivity index (χ3v) is 3.61. The van der Waals surface area contributed by atoms with Crippen molar-refractivity contribution >= 4 is 5.91 Å². The number of carbonyl (C=O) groups is 1. The van der Waals surface area contributed by atoms with E-state index in [9.17, 15) is 4.79 Å². The van der Waals surface area contributed by atoms with Gasteiger partial charge in [-0.3, -0.25) is 4.79 Å². The Kier molecular flexibility index (Phi) is 5.73. The van der Waals surface area contributed by atoms with Crippen molar-refractivity contribution in [2.45, 2.75) is 12.8 Å². The van der Waals surface area contributed by atoms with Gasteiger partial charge >= 0.3 is 0 Å². The van der Waals surface area contributed by atoms with Crippen LogP contribution in [0.4, 0.5) is 0 Å². The molecule has 0 unspecified atom stereocenters. The number of aliphatic hydroxyl groups is 1. The lowest BCUT2D eigenvalue weighted by Crippen LogP contribution is -2.35. The molecule has 5 nitrogen and oxygen atoms in total. The molecule has 1 N–H and O–H groups in total. The molecule has 5 heteroatoms. The molecule has 1 aromatic rings. The van der Waals surface area contributed by atoms with Crippen molar-refractivity contribution in [2.75, 3.05) is 39.8 Å². The molecule has 0 radical (unpaired) electrons. The fourth-order valence-corrected chi connectivity index (χ4v) is 2.39.